The maximum atomic E-state index is 2.38. The largest absolute Gasteiger partial charge is 2.00 e. The molecular weight excluding hydrogens is 695 g/mol. The van der Waals surface area contributed by atoms with E-state index in [4.69, 9.17) is 0 Å². The number of rotatable bonds is 2. The molecule has 0 saturated carbocycles. The van der Waals surface area contributed by atoms with Crippen LogP contribution in [0.2, 0.25) is 0 Å². The number of fused-ring (bicyclic) bond motifs is 8. The van der Waals surface area contributed by atoms with Crippen LogP contribution in [0.1, 0.15) is 0 Å². The molecule has 0 bridgehead atoms. The zero-order valence-corrected chi connectivity index (χ0v) is 29.5. The minimum atomic E-state index is 0. The Morgan fingerprint density at radius 1 is 0.319 bits per heavy atom. The molecule has 2 heterocycles. The monoisotopic (exact) mass is 722 g/mol. The van der Waals surface area contributed by atoms with Crippen LogP contribution in [0.15, 0.2) is 170 Å². The molecule has 0 aliphatic carbocycles. The Morgan fingerprint density at radius 2 is 0.596 bits per heavy atom. The summed E-state index contributed by atoms with van der Waals surface area (Å²) in [6.45, 7) is 0. The topological polar surface area (TPSA) is 9.86 Å². The number of benzene rings is 6. The van der Waals surface area contributed by atoms with Crippen LogP contribution < -0.4 is 0 Å². The van der Waals surface area contributed by atoms with Crippen molar-refractivity contribution in [3.8, 4) is 11.4 Å². The number of aromatic nitrogens is 2. The summed E-state index contributed by atoms with van der Waals surface area (Å²) < 4.78 is 4.76. The van der Waals surface area contributed by atoms with Gasteiger partial charge in [0.1, 0.15) is 0 Å². The van der Waals surface area contributed by atoms with Gasteiger partial charge in [0.2, 0.25) is 0 Å². The third-order valence-electron chi connectivity index (χ3n) is 8.96. The van der Waals surface area contributed by atoms with Gasteiger partial charge >= 0.3 is 26.2 Å². The normalized spacial score (nSPS) is 10.9. The summed E-state index contributed by atoms with van der Waals surface area (Å²) in [5, 5.41) is 10.4. The first kappa shape index (κ1) is 32.5. The smallest absolute Gasteiger partial charge is 0.390 e. The van der Waals surface area contributed by atoms with Gasteiger partial charge in [-0.15, -0.1) is 49.1 Å². The van der Waals surface area contributed by atoms with Gasteiger partial charge in [-0.1, -0.05) is 167 Å². The fraction of sp³-hybridized carbons (Fsp3) is 0. The molecule has 5 heteroatoms. The van der Waals surface area contributed by atoms with Crippen molar-refractivity contribution in [3.63, 3.8) is 0 Å². The number of nitrogens with zero attached hydrogens (tertiary/aromatic N) is 2. The van der Waals surface area contributed by atoms with Gasteiger partial charge in [0, 0.05) is 0 Å². The fourth-order valence-corrected chi connectivity index (χ4v) is 7.02. The van der Waals surface area contributed by atoms with E-state index in [1.807, 2.05) is 0 Å². The average Bonchev–Trinajstić information content (AvgIpc) is 3.86. The Balaban J connectivity index is 0.000000155. The van der Waals surface area contributed by atoms with Crippen LogP contribution in [-0.2, 0) is 26.2 Å². The SMILES string of the molecule is Cl.Cl.[Zr+2].c1ccc2c(c1)cc[c-]2-n1c2ccccc2c2ccccc21.c1ccc2c(c1)cc[c-]2-n1c2ccccc2c2ccccc21. The molecule has 2 aromatic heterocycles. The third-order valence-corrected chi connectivity index (χ3v) is 8.96. The molecule has 0 saturated heterocycles. The summed E-state index contributed by atoms with van der Waals surface area (Å²) in [5.41, 5.74) is 7.57. The molecule has 0 spiro atoms. The molecule has 47 heavy (non-hydrogen) atoms. The van der Waals surface area contributed by atoms with Crippen molar-refractivity contribution >= 4 is 90.0 Å². The summed E-state index contributed by atoms with van der Waals surface area (Å²) >= 11 is 0. The van der Waals surface area contributed by atoms with Crippen LogP contribution in [0, 0.1) is 0 Å². The quantitative estimate of drug-likeness (QED) is 0.157. The van der Waals surface area contributed by atoms with Crippen molar-refractivity contribution in [2.75, 3.05) is 0 Å². The molecule has 0 atom stereocenters. The van der Waals surface area contributed by atoms with Crippen molar-refractivity contribution in [2.45, 2.75) is 0 Å². The number of hydrogen-bond donors (Lipinski definition) is 0. The zero-order chi connectivity index (χ0) is 29.0. The van der Waals surface area contributed by atoms with Gasteiger partial charge in [-0.25, -0.2) is 0 Å². The minimum Gasteiger partial charge on any atom is -0.390 e. The molecule has 2 nitrogen and oxygen atoms in total. The molecule has 0 N–H and O–H groups in total. The van der Waals surface area contributed by atoms with E-state index in [-0.39, 0.29) is 51.0 Å². The molecule has 0 unspecified atom stereocenters. The predicted octanol–water partition coefficient (Wildman–Crippen LogP) is 12.2. The summed E-state index contributed by atoms with van der Waals surface area (Å²) in [5.74, 6) is 0. The molecule has 226 valence electrons. The molecule has 0 aliphatic heterocycles. The van der Waals surface area contributed by atoms with Gasteiger partial charge in [-0.05, 0) is 55.0 Å². The summed E-state index contributed by atoms with van der Waals surface area (Å²) in [6.07, 6.45) is 0. The van der Waals surface area contributed by atoms with Crippen LogP contribution in [-0.4, -0.2) is 9.13 Å². The Bertz CT molecular complexity index is 2350. The average molecular weight is 725 g/mol. The van der Waals surface area contributed by atoms with Gasteiger partial charge in [0.15, 0.2) is 0 Å². The minimum absolute atomic E-state index is 0. The van der Waals surface area contributed by atoms with Crippen LogP contribution in [0.4, 0.5) is 0 Å². The molecule has 0 fully saturated rings. The number of para-hydroxylation sites is 4. The van der Waals surface area contributed by atoms with Crippen molar-refractivity contribution in [1.29, 1.82) is 0 Å². The van der Waals surface area contributed by atoms with E-state index in [1.54, 1.807) is 0 Å². The molecule has 10 rings (SSSR count). The van der Waals surface area contributed by atoms with Crippen molar-refractivity contribution in [1.82, 2.24) is 9.13 Å². The van der Waals surface area contributed by atoms with Crippen molar-refractivity contribution in [2.24, 2.45) is 0 Å². The maximum Gasteiger partial charge on any atom is 2.00 e. The zero-order valence-electron chi connectivity index (χ0n) is 25.4. The molecule has 0 aliphatic rings. The Morgan fingerprint density at radius 3 is 0.936 bits per heavy atom. The first-order chi connectivity index (χ1) is 21.9. The Kier molecular flexibility index (Phi) is 9.26. The van der Waals surface area contributed by atoms with E-state index >= 15 is 0 Å². The van der Waals surface area contributed by atoms with Crippen molar-refractivity contribution < 1.29 is 26.2 Å². The van der Waals surface area contributed by atoms with Crippen LogP contribution in [0.5, 0.6) is 0 Å². The summed E-state index contributed by atoms with van der Waals surface area (Å²) in [6, 6.07) is 60.6. The van der Waals surface area contributed by atoms with Crippen LogP contribution in [0.25, 0.3) is 76.5 Å². The number of hydrogen-bond acceptors (Lipinski definition) is 0. The predicted molar refractivity (Wildman–Crippen MR) is 202 cm³/mol. The van der Waals surface area contributed by atoms with Crippen LogP contribution >= 0.6 is 24.8 Å². The van der Waals surface area contributed by atoms with Gasteiger partial charge in [-0.3, -0.25) is 0 Å². The summed E-state index contributed by atoms with van der Waals surface area (Å²) in [4.78, 5) is 0. The van der Waals surface area contributed by atoms with Gasteiger partial charge in [-0.2, -0.15) is 0 Å². The Labute approximate surface area is 304 Å². The van der Waals surface area contributed by atoms with Gasteiger partial charge < -0.3 is 9.13 Å². The van der Waals surface area contributed by atoms with E-state index in [1.165, 1.54) is 76.5 Å². The van der Waals surface area contributed by atoms with Crippen molar-refractivity contribution in [3.05, 3.63) is 170 Å². The first-order valence-electron chi connectivity index (χ1n) is 15.1. The molecule has 0 radical (unpaired) electrons. The van der Waals surface area contributed by atoms with Gasteiger partial charge in [0.25, 0.3) is 0 Å². The second-order valence-corrected chi connectivity index (χ2v) is 11.4. The first-order valence-corrected chi connectivity index (χ1v) is 15.1. The standard InChI is InChI=1S/2C21H14N.2ClH.Zr/c2*1-2-8-16-15(7-1)13-14-21(16)22-19-11-5-3-9-17(19)18-10-4-6-12-20(18)22;;;/h2*1-14H;2*1H;/q2*-1;;;+2. The second kappa shape index (κ2) is 13.4. The third kappa shape index (κ3) is 5.24. The molecule has 0 amide bonds. The van der Waals surface area contributed by atoms with E-state index in [2.05, 4.69) is 179 Å². The molecule has 8 aromatic carbocycles. The fourth-order valence-electron chi connectivity index (χ4n) is 7.02. The maximum absolute atomic E-state index is 2.38. The summed E-state index contributed by atoms with van der Waals surface area (Å²) in [7, 11) is 0. The van der Waals surface area contributed by atoms with E-state index in [0.29, 0.717) is 0 Å². The number of halogens is 2. The van der Waals surface area contributed by atoms with E-state index in [9.17, 15) is 0 Å². The van der Waals surface area contributed by atoms with Gasteiger partial charge in [0.05, 0.1) is 0 Å². The van der Waals surface area contributed by atoms with Crippen LogP contribution in [0.3, 0.4) is 0 Å². The van der Waals surface area contributed by atoms with E-state index in [0.717, 1.165) is 0 Å². The van der Waals surface area contributed by atoms with E-state index < -0.39 is 0 Å². The molecule has 10 aromatic rings. The molecular formula is C42H30Cl2N2Zr. The second-order valence-electron chi connectivity index (χ2n) is 11.4. The Hall–Kier alpha value is -4.40.